The highest BCUT2D eigenvalue weighted by Gasteiger charge is 2.19. The lowest BCUT2D eigenvalue weighted by Crippen LogP contribution is -2.59. The predicted molar refractivity (Wildman–Crippen MR) is 58.6 cm³/mol. The van der Waals surface area contributed by atoms with Gasteiger partial charge in [0.25, 0.3) is 22.6 Å². The first-order valence-corrected chi connectivity index (χ1v) is 5.02. The second kappa shape index (κ2) is 5.67. The molecule has 1 fully saturated rings. The number of nitrogens with one attached hydrogen (secondary N) is 1. The molecule has 1 aliphatic heterocycles. The number of hydrogen-bond donors (Lipinski definition) is 1. The molecule has 0 aromatic carbocycles. The topological polar surface area (TPSA) is 18.5 Å². The highest BCUT2D eigenvalue weighted by molar-refractivity contribution is 6.64. The second-order valence-electron chi connectivity index (χ2n) is 3.50. The fourth-order valence-corrected chi connectivity index (χ4v) is 1.68. The molecule has 1 aliphatic rings. The molecule has 0 saturated carbocycles. The van der Waals surface area contributed by atoms with Crippen LogP contribution < -0.4 is 5.14 Å². The monoisotopic (exact) mass is 165 g/mol. The highest BCUT2D eigenvalue weighted by atomic mass is 15.2. The van der Waals surface area contributed by atoms with Gasteiger partial charge in [-0.25, -0.2) is 0 Å². The van der Waals surface area contributed by atoms with Crippen molar-refractivity contribution in [2.75, 3.05) is 13.1 Å². The third kappa shape index (κ3) is 3.21. The average Bonchev–Trinajstić information content (AvgIpc) is 2.06. The van der Waals surface area contributed by atoms with E-state index in [2.05, 4.69) is 28.4 Å². The van der Waals surface area contributed by atoms with E-state index in [0.29, 0.717) is 0 Å². The van der Waals surface area contributed by atoms with Crippen molar-refractivity contribution in [1.29, 1.82) is 0 Å². The second-order valence-corrected chi connectivity index (χ2v) is 3.50. The largest absolute Gasteiger partial charge is 0.377 e. The molecule has 0 radical (unpaired) electrons. The van der Waals surface area contributed by atoms with Crippen LogP contribution >= 0.6 is 0 Å². The Kier molecular flexibility index (Phi) is 4.80. The van der Waals surface area contributed by atoms with E-state index in [4.69, 9.17) is 0 Å². The van der Waals surface area contributed by atoms with E-state index in [0.717, 1.165) is 22.6 Å². The van der Waals surface area contributed by atoms with Crippen molar-refractivity contribution in [3.05, 3.63) is 0 Å². The van der Waals surface area contributed by atoms with E-state index in [1.54, 1.807) is 0 Å². The minimum absolute atomic E-state index is 1.06. The van der Waals surface area contributed by atoms with Crippen LogP contribution in [0.4, 0.5) is 0 Å². The summed E-state index contributed by atoms with van der Waals surface area (Å²) in [4.78, 5) is 0. The van der Waals surface area contributed by atoms with Crippen LogP contribution in [0.3, 0.4) is 0 Å². The molecular weight excluding hydrogens is 147 g/mol. The van der Waals surface area contributed by atoms with Gasteiger partial charge in [-0.1, -0.05) is 13.8 Å². The lowest BCUT2D eigenvalue weighted by Gasteiger charge is -2.33. The van der Waals surface area contributed by atoms with Gasteiger partial charge in [-0.3, -0.25) is 0 Å². The lowest BCUT2D eigenvalue weighted by atomic mass is 9.77. The Hall–Kier alpha value is 0.0748. The quantitative estimate of drug-likeness (QED) is 0.528. The average molecular weight is 165 g/mol. The molecule has 3 nitrogen and oxygen atoms in total. The first-order chi connectivity index (χ1) is 5.86. The van der Waals surface area contributed by atoms with Gasteiger partial charge in [0.1, 0.15) is 0 Å². The molecule has 0 unspecified atom stereocenters. The lowest BCUT2D eigenvalue weighted by molar-refractivity contribution is 0.546. The first-order valence-electron chi connectivity index (χ1n) is 5.02. The summed E-state index contributed by atoms with van der Waals surface area (Å²) in [6.07, 6.45) is 2.50. The molecule has 1 N–H and O–H groups in total. The normalized spacial score (nSPS) is 19.5. The summed E-state index contributed by atoms with van der Waals surface area (Å²) < 4.78 is 4.92. The van der Waals surface area contributed by atoms with Crippen LogP contribution in [-0.2, 0) is 0 Å². The summed E-state index contributed by atoms with van der Waals surface area (Å²) in [6, 6.07) is 0. The summed E-state index contributed by atoms with van der Waals surface area (Å²) in [7, 11) is 3.27. The molecule has 0 aromatic rings. The van der Waals surface area contributed by atoms with Crippen LogP contribution in [0.2, 0.25) is 0 Å². The van der Waals surface area contributed by atoms with Crippen molar-refractivity contribution in [2.24, 2.45) is 0 Å². The maximum atomic E-state index is 3.41. The van der Waals surface area contributed by atoms with Crippen LogP contribution in [0.15, 0.2) is 0 Å². The van der Waals surface area contributed by atoms with Crippen molar-refractivity contribution < 1.29 is 0 Å². The SMILES string of the molecule is CCCN1BNBN(CCC)B1. The van der Waals surface area contributed by atoms with Gasteiger partial charge in [-0.15, -0.1) is 0 Å². The van der Waals surface area contributed by atoms with Crippen LogP contribution in [0.25, 0.3) is 0 Å². The van der Waals surface area contributed by atoms with Gasteiger partial charge in [-0.05, 0) is 25.9 Å². The Bertz CT molecular complexity index is 109. The van der Waals surface area contributed by atoms with Crippen molar-refractivity contribution in [3.63, 3.8) is 0 Å². The van der Waals surface area contributed by atoms with E-state index < -0.39 is 0 Å². The maximum Gasteiger partial charge on any atom is 0.270 e. The predicted octanol–water partition coefficient (Wildman–Crippen LogP) is -1.19. The fourth-order valence-electron chi connectivity index (χ4n) is 1.68. The van der Waals surface area contributed by atoms with Crippen LogP contribution in [0.5, 0.6) is 0 Å². The Morgan fingerprint density at radius 3 is 1.92 bits per heavy atom. The highest BCUT2D eigenvalue weighted by Crippen LogP contribution is 1.94. The van der Waals surface area contributed by atoms with Gasteiger partial charge in [0.05, 0.1) is 0 Å². The van der Waals surface area contributed by atoms with E-state index in [-0.39, 0.29) is 0 Å². The van der Waals surface area contributed by atoms with Crippen LogP contribution in [-0.4, -0.2) is 45.2 Å². The van der Waals surface area contributed by atoms with Gasteiger partial charge in [0.15, 0.2) is 0 Å². The van der Waals surface area contributed by atoms with Gasteiger partial charge >= 0.3 is 0 Å². The number of nitrogens with zero attached hydrogens (tertiary/aromatic N) is 2. The van der Waals surface area contributed by atoms with Crippen LogP contribution in [0.1, 0.15) is 26.7 Å². The van der Waals surface area contributed by atoms with Crippen molar-refractivity contribution in [3.8, 4) is 0 Å². The van der Waals surface area contributed by atoms with E-state index in [1.165, 1.54) is 25.9 Å². The van der Waals surface area contributed by atoms with E-state index >= 15 is 0 Å². The van der Waals surface area contributed by atoms with E-state index in [1.807, 2.05) is 0 Å². The Morgan fingerprint density at radius 1 is 1.00 bits per heavy atom. The third-order valence-corrected chi connectivity index (χ3v) is 2.15. The Balaban J connectivity index is 2.20. The zero-order valence-corrected chi connectivity index (χ0v) is 8.34. The van der Waals surface area contributed by atoms with Crippen molar-refractivity contribution in [1.82, 2.24) is 14.6 Å². The van der Waals surface area contributed by atoms with Crippen molar-refractivity contribution >= 4 is 22.6 Å². The molecule has 0 aliphatic carbocycles. The maximum absolute atomic E-state index is 3.41. The zero-order chi connectivity index (χ0) is 8.81. The zero-order valence-electron chi connectivity index (χ0n) is 8.34. The molecule has 0 bridgehead atoms. The third-order valence-electron chi connectivity index (χ3n) is 2.15. The standard InChI is InChI=1S/C6H18B3N3/c1-3-5-11-7-10-8-12(9-11)6-4-2/h7-10H,3-6H2,1-2H3. The fraction of sp³-hybridized carbons (Fsp3) is 1.00. The summed E-state index contributed by atoms with van der Waals surface area (Å²) in [5.41, 5.74) is 0. The summed E-state index contributed by atoms with van der Waals surface area (Å²) >= 11 is 0. The molecule has 1 saturated heterocycles. The smallest absolute Gasteiger partial charge is 0.270 e. The van der Waals surface area contributed by atoms with E-state index in [9.17, 15) is 0 Å². The number of hydrogen-bond acceptors (Lipinski definition) is 3. The molecule has 0 atom stereocenters. The number of rotatable bonds is 4. The van der Waals surface area contributed by atoms with Gasteiger partial charge < -0.3 is 14.6 Å². The molecule has 66 valence electrons. The molecular formula is C6H18B3N3. The van der Waals surface area contributed by atoms with Gasteiger partial charge in [0.2, 0.25) is 0 Å². The summed E-state index contributed by atoms with van der Waals surface area (Å²) in [5.74, 6) is 0. The first kappa shape index (κ1) is 10.2. The molecule has 0 amide bonds. The van der Waals surface area contributed by atoms with Crippen molar-refractivity contribution in [2.45, 2.75) is 26.7 Å². The summed E-state index contributed by atoms with van der Waals surface area (Å²) in [5, 5.41) is 3.41. The minimum atomic E-state index is 1.06. The molecule has 1 heterocycles. The Morgan fingerprint density at radius 2 is 1.50 bits per heavy atom. The molecule has 0 spiro atoms. The Labute approximate surface area is 77.7 Å². The molecule has 1 rings (SSSR count). The molecule has 6 heteroatoms. The van der Waals surface area contributed by atoms with Gasteiger partial charge in [0, 0.05) is 0 Å². The molecule has 12 heavy (non-hydrogen) atoms. The van der Waals surface area contributed by atoms with Gasteiger partial charge in [-0.2, -0.15) is 0 Å². The molecule has 0 aromatic heterocycles. The minimum Gasteiger partial charge on any atom is -0.377 e. The van der Waals surface area contributed by atoms with Crippen LogP contribution in [0, 0.1) is 0 Å². The summed E-state index contributed by atoms with van der Waals surface area (Å²) in [6.45, 7) is 6.90.